The van der Waals surface area contributed by atoms with Gasteiger partial charge in [-0.2, -0.15) is 0 Å². The van der Waals surface area contributed by atoms with Crippen LogP contribution in [0.2, 0.25) is 0 Å². The lowest BCUT2D eigenvalue weighted by Crippen LogP contribution is -2.44. The molecule has 1 aliphatic heterocycles. The summed E-state index contributed by atoms with van der Waals surface area (Å²) in [6, 6.07) is 0.0878. The first-order valence-corrected chi connectivity index (χ1v) is 5.87. The van der Waals surface area contributed by atoms with Crippen molar-refractivity contribution >= 4 is 5.91 Å². The van der Waals surface area contributed by atoms with Gasteiger partial charge >= 0.3 is 0 Å². The molecule has 1 heterocycles. The molecule has 2 fully saturated rings. The minimum absolute atomic E-state index is 0.0340. The summed E-state index contributed by atoms with van der Waals surface area (Å²) in [4.78, 5) is 11.9. The standard InChI is InChI=1S/C11H20N2O3/c1-15-8-3-2-7(4-8)13-11(14)9-5-16-6-10(9)12/h7-10H,2-6,12H2,1H3,(H,13,14). The number of amides is 1. The third kappa shape index (κ3) is 2.53. The predicted octanol–water partition coefficient (Wildman–Crippen LogP) is -0.356. The molecule has 3 N–H and O–H groups in total. The fourth-order valence-electron chi connectivity index (χ4n) is 2.43. The molecule has 16 heavy (non-hydrogen) atoms. The molecule has 2 aliphatic rings. The van der Waals surface area contributed by atoms with Crippen LogP contribution in [0, 0.1) is 5.92 Å². The molecule has 0 spiro atoms. The van der Waals surface area contributed by atoms with E-state index >= 15 is 0 Å². The molecular formula is C11H20N2O3. The van der Waals surface area contributed by atoms with Crippen molar-refractivity contribution in [2.45, 2.75) is 37.5 Å². The minimum Gasteiger partial charge on any atom is -0.381 e. The Morgan fingerprint density at radius 1 is 1.44 bits per heavy atom. The van der Waals surface area contributed by atoms with E-state index in [1.165, 1.54) is 0 Å². The van der Waals surface area contributed by atoms with Crippen molar-refractivity contribution in [3.05, 3.63) is 0 Å². The SMILES string of the molecule is COC1CCC(NC(=O)C2COCC2N)C1. The monoisotopic (exact) mass is 228 g/mol. The molecule has 1 aliphatic carbocycles. The van der Waals surface area contributed by atoms with E-state index in [2.05, 4.69) is 5.32 Å². The highest BCUT2D eigenvalue weighted by Crippen LogP contribution is 2.22. The Hall–Kier alpha value is -0.650. The average Bonchev–Trinajstić information content (AvgIpc) is 2.86. The van der Waals surface area contributed by atoms with Crippen LogP contribution in [0.3, 0.4) is 0 Å². The van der Waals surface area contributed by atoms with Crippen LogP contribution in [0.25, 0.3) is 0 Å². The third-order valence-corrected chi connectivity index (χ3v) is 3.53. The molecule has 0 aromatic heterocycles. The van der Waals surface area contributed by atoms with Gasteiger partial charge in [0.1, 0.15) is 0 Å². The van der Waals surface area contributed by atoms with Gasteiger partial charge in [-0.25, -0.2) is 0 Å². The van der Waals surface area contributed by atoms with Gasteiger partial charge in [-0.1, -0.05) is 0 Å². The Kier molecular flexibility index (Phi) is 3.78. The summed E-state index contributed by atoms with van der Waals surface area (Å²) < 4.78 is 10.5. The summed E-state index contributed by atoms with van der Waals surface area (Å²) in [5, 5.41) is 3.04. The lowest BCUT2D eigenvalue weighted by molar-refractivity contribution is -0.125. The number of nitrogens with one attached hydrogen (secondary N) is 1. The summed E-state index contributed by atoms with van der Waals surface area (Å²) in [6.45, 7) is 0.941. The highest BCUT2D eigenvalue weighted by molar-refractivity contribution is 5.80. The van der Waals surface area contributed by atoms with E-state index in [1.54, 1.807) is 7.11 Å². The molecule has 4 atom stereocenters. The van der Waals surface area contributed by atoms with Crippen molar-refractivity contribution in [2.75, 3.05) is 20.3 Å². The van der Waals surface area contributed by atoms with Crippen LogP contribution in [-0.4, -0.2) is 44.4 Å². The van der Waals surface area contributed by atoms with E-state index in [9.17, 15) is 4.79 Å². The third-order valence-electron chi connectivity index (χ3n) is 3.53. The maximum Gasteiger partial charge on any atom is 0.227 e. The van der Waals surface area contributed by atoms with E-state index in [0.717, 1.165) is 19.3 Å². The van der Waals surface area contributed by atoms with E-state index in [4.69, 9.17) is 15.2 Å². The van der Waals surface area contributed by atoms with Gasteiger partial charge in [-0.3, -0.25) is 4.79 Å². The lowest BCUT2D eigenvalue weighted by atomic mass is 10.0. The van der Waals surface area contributed by atoms with Gasteiger partial charge in [0.2, 0.25) is 5.91 Å². The molecule has 92 valence electrons. The van der Waals surface area contributed by atoms with Crippen molar-refractivity contribution in [1.29, 1.82) is 0 Å². The molecule has 0 aromatic carbocycles. The van der Waals surface area contributed by atoms with Gasteiger partial charge in [-0.15, -0.1) is 0 Å². The molecule has 0 aromatic rings. The zero-order valence-electron chi connectivity index (χ0n) is 9.65. The van der Waals surface area contributed by atoms with E-state index in [1.807, 2.05) is 0 Å². The quantitative estimate of drug-likeness (QED) is 0.692. The smallest absolute Gasteiger partial charge is 0.227 e. The summed E-state index contributed by atoms with van der Waals surface area (Å²) in [7, 11) is 1.72. The van der Waals surface area contributed by atoms with Crippen molar-refractivity contribution < 1.29 is 14.3 Å². The van der Waals surface area contributed by atoms with Crippen molar-refractivity contribution in [3.63, 3.8) is 0 Å². The molecule has 0 bridgehead atoms. The number of hydrogen-bond acceptors (Lipinski definition) is 4. The van der Waals surface area contributed by atoms with Crippen molar-refractivity contribution in [3.8, 4) is 0 Å². The first-order valence-electron chi connectivity index (χ1n) is 5.87. The molecule has 2 rings (SSSR count). The van der Waals surface area contributed by atoms with Crippen LogP contribution in [0.1, 0.15) is 19.3 Å². The van der Waals surface area contributed by atoms with Gasteiger partial charge in [0.05, 0.1) is 25.2 Å². The number of methoxy groups -OCH3 is 1. The minimum atomic E-state index is -0.179. The summed E-state index contributed by atoms with van der Waals surface area (Å²) in [5.41, 5.74) is 5.80. The zero-order valence-corrected chi connectivity index (χ0v) is 9.65. The number of nitrogens with two attached hydrogens (primary N) is 1. The Balaban J connectivity index is 1.79. The Labute approximate surface area is 95.7 Å². The van der Waals surface area contributed by atoms with Crippen molar-refractivity contribution in [1.82, 2.24) is 5.32 Å². The normalized spacial score (nSPS) is 38.9. The maximum atomic E-state index is 11.9. The van der Waals surface area contributed by atoms with Gasteiger partial charge in [-0.05, 0) is 19.3 Å². The summed E-state index contributed by atoms with van der Waals surface area (Å²) in [6.07, 6.45) is 3.21. The summed E-state index contributed by atoms with van der Waals surface area (Å²) in [5.74, 6) is -0.145. The Bertz CT molecular complexity index is 260. The van der Waals surface area contributed by atoms with Crippen LogP contribution >= 0.6 is 0 Å². The largest absolute Gasteiger partial charge is 0.381 e. The maximum absolute atomic E-state index is 11.9. The molecule has 5 heteroatoms. The second-order valence-electron chi connectivity index (χ2n) is 4.68. The number of rotatable bonds is 3. The first kappa shape index (κ1) is 11.8. The number of hydrogen-bond donors (Lipinski definition) is 2. The molecule has 5 nitrogen and oxygen atoms in total. The molecule has 4 unspecified atom stereocenters. The van der Waals surface area contributed by atoms with E-state index < -0.39 is 0 Å². The number of ether oxygens (including phenoxy) is 2. The number of carbonyl (C=O) groups is 1. The van der Waals surface area contributed by atoms with Crippen LogP contribution in [0.4, 0.5) is 0 Å². The Morgan fingerprint density at radius 2 is 2.25 bits per heavy atom. The van der Waals surface area contributed by atoms with Gasteiger partial charge in [0, 0.05) is 19.2 Å². The summed E-state index contributed by atoms with van der Waals surface area (Å²) >= 11 is 0. The number of carbonyl (C=O) groups excluding carboxylic acids is 1. The highest BCUT2D eigenvalue weighted by Gasteiger charge is 2.34. The molecular weight excluding hydrogens is 208 g/mol. The average molecular weight is 228 g/mol. The molecule has 0 radical (unpaired) electrons. The van der Waals surface area contributed by atoms with Gasteiger partial charge < -0.3 is 20.5 Å². The fraction of sp³-hybridized carbons (Fsp3) is 0.909. The van der Waals surface area contributed by atoms with Gasteiger partial charge in [0.15, 0.2) is 0 Å². The van der Waals surface area contributed by atoms with Crippen molar-refractivity contribution in [2.24, 2.45) is 11.7 Å². The predicted molar refractivity (Wildman–Crippen MR) is 58.9 cm³/mol. The molecule has 1 saturated heterocycles. The zero-order chi connectivity index (χ0) is 11.5. The highest BCUT2D eigenvalue weighted by atomic mass is 16.5. The second-order valence-corrected chi connectivity index (χ2v) is 4.68. The first-order chi connectivity index (χ1) is 7.70. The van der Waals surface area contributed by atoms with E-state index in [0.29, 0.717) is 19.3 Å². The fourth-order valence-corrected chi connectivity index (χ4v) is 2.43. The topological polar surface area (TPSA) is 73.6 Å². The Morgan fingerprint density at radius 3 is 2.81 bits per heavy atom. The lowest BCUT2D eigenvalue weighted by Gasteiger charge is -2.17. The molecule has 1 amide bonds. The van der Waals surface area contributed by atoms with Crippen LogP contribution in [0.5, 0.6) is 0 Å². The van der Waals surface area contributed by atoms with Crippen LogP contribution in [-0.2, 0) is 14.3 Å². The van der Waals surface area contributed by atoms with Crippen LogP contribution in [0.15, 0.2) is 0 Å². The second kappa shape index (κ2) is 5.12. The van der Waals surface area contributed by atoms with E-state index in [-0.39, 0.29) is 23.9 Å². The molecule has 1 saturated carbocycles. The van der Waals surface area contributed by atoms with Crippen LogP contribution < -0.4 is 11.1 Å². The van der Waals surface area contributed by atoms with Gasteiger partial charge in [0.25, 0.3) is 0 Å².